The minimum Gasteiger partial charge on any atom is -0.480 e. The summed E-state index contributed by atoms with van der Waals surface area (Å²) in [6.07, 6.45) is 2.85. The second kappa shape index (κ2) is 9.69. The molecule has 1 atom stereocenters. The first-order valence-corrected chi connectivity index (χ1v) is 9.40. The maximum Gasteiger partial charge on any atom is 0.317 e. The molecule has 6 nitrogen and oxygen atoms in total. The number of carbonyl (C=O) groups is 2. The average molecular weight is 361 g/mol. The van der Waals surface area contributed by atoms with Crippen molar-refractivity contribution in [3.63, 3.8) is 0 Å². The zero-order valence-electron chi connectivity index (χ0n) is 16.1. The van der Waals surface area contributed by atoms with E-state index < -0.39 is 5.97 Å². The summed E-state index contributed by atoms with van der Waals surface area (Å²) in [5.74, 6) is -0.678. The molecule has 1 aliphatic heterocycles. The molecular weight excluding hydrogens is 330 g/mol. The van der Waals surface area contributed by atoms with Crippen LogP contribution < -0.4 is 4.90 Å². The van der Waals surface area contributed by atoms with E-state index in [0.29, 0.717) is 6.54 Å². The highest BCUT2D eigenvalue weighted by Gasteiger charge is 2.25. The predicted molar refractivity (Wildman–Crippen MR) is 103 cm³/mol. The summed E-state index contributed by atoms with van der Waals surface area (Å²) in [7, 11) is 1.87. The van der Waals surface area contributed by atoms with E-state index in [-0.39, 0.29) is 24.5 Å². The Labute approximate surface area is 156 Å². The highest BCUT2D eigenvalue weighted by Crippen LogP contribution is 2.19. The Hall–Kier alpha value is -1.92. The Morgan fingerprint density at radius 3 is 2.50 bits per heavy atom. The number of carbonyl (C=O) groups excluding carboxylic acids is 1. The molecule has 0 spiro atoms. The zero-order chi connectivity index (χ0) is 19.1. The van der Waals surface area contributed by atoms with Crippen molar-refractivity contribution in [2.75, 3.05) is 38.1 Å². The van der Waals surface area contributed by atoms with Gasteiger partial charge in [0.25, 0.3) is 0 Å². The standard InChI is InChI=1S/C20H31N3O3/c1-16(2)23(18-8-5-4-6-9-18)19(24)14-22-12-7-10-17(11-13-22)21(3)15-20(25)26/h4-6,8-9,16-17H,7,10-15H2,1-3H3,(H,25,26). The number of aliphatic carboxylic acids is 1. The van der Waals surface area contributed by atoms with Crippen LogP contribution in [0.25, 0.3) is 0 Å². The molecule has 0 radical (unpaired) electrons. The molecule has 1 N–H and O–H groups in total. The molecule has 0 saturated carbocycles. The largest absolute Gasteiger partial charge is 0.480 e. The molecule has 1 saturated heterocycles. The number of carboxylic acid groups (broad SMARTS) is 1. The maximum atomic E-state index is 12.9. The number of likely N-dealkylation sites (N-methyl/N-ethyl adjacent to an activating group) is 1. The highest BCUT2D eigenvalue weighted by molar-refractivity contribution is 5.95. The monoisotopic (exact) mass is 361 g/mol. The van der Waals surface area contributed by atoms with Crippen LogP contribution in [-0.2, 0) is 9.59 Å². The molecule has 0 aliphatic carbocycles. The Bertz CT molecular complexity index is 591. The first kappa shape index (κ1) is 20.4. The molecule has 0 bridgehead atoms. The molecule has 6 heteroatoms. The van der Waals surface area contributed by atoms with E-state index in [4.69, 9.17) is 5.11 Å². The van der Waals surface area contributed by atoms with Gasteiger partial charge in [0.1, 0.15) is 0 Å². The Balaban J connectivity index is 1.95. The summed E-state index contributed by atoms with van der Waals surface area (Å²) in [6.45, 7) is 6.24. The maximum absolute atomic E-state index is 12.9. The molecule has 144 valence electrons. The molecule has 2 rings (SSSR count). The van der Waals surface area contributed by atoms with E-state index in [2.05, 4.69) is 4.90 Å². The minimum absolute atomic E-state index is 0.0682. The number of hydrogen-bond acceptors (Lipinski definition) is 4. The quantitative estimate of drug-likeness (QED) is 0.807. The van der Waals surface area contributed by atoms with Gasteiger partial charge in [-0.3, -0.25) is 19.4 Å². The van der Waals surface area contributed by atoms with E-state index in [0.717, 1.165) is 38.0 Å². The van der Waals surface area contributed by atoms with Crippen molar-refractivity contribution in [1.29, 1.82) is 0 Å². The van der Waals surface area contributed by atoms with Crippen LogP contribution >= 0.6 is 0 Å². The zero-order valence-corrected chi connectivity index (χ0v) is 16.1. The second-order valence-electron chi connectivity index (χ2n) is 7.36. The molecule has 1 aliphatic rings. The topological polar surface area (TPSA) is 64.1 Å². The van der Waals surface area contributed by atoms with Crippen molar-refractivity contribution in [2.45, 2.75) is 45.2 Å². The summed E-state index contributed by atoms with van der Waals surface area (Å²) in [5, 5.41) is 8.97. The Morgan fingerprint density at radius 1 is 1.19 bits per heavy atom. The van der Waals surface area contributed by atoms with Crippen LogP contribution in [0.4, 0.5) is 5.69 Å². The van der Waals surface area contributed by atoms with Gasteiger partial charge >= 0.3 is 5.97 Å². The summed E-state index contributed by atoms with van der Waals surface area (Å²) in [5.41, 5.74) is 0.932. The fourth-order valence-corrected chi connectivity index (χ4v) is 3.67. The lowest BCUT2D eigenvalue weighted by Gasteiger charge is -2.30. The molecule has 26 heavy (non-hydrogen) atoms. The van der Waals surface area contributed by atoms with Gasteiger partial charge in [-0.2, -0.15) is 0 Å². The third-order valence-electron chi connectivity index (χ3n) is 4.98. The van der Waals surface area contributed by atoms with Gasteiger partial charge in [0, 0.05) is 24.3 Å². The van der Waals surface area contributed by atoms with Crippen molar-refractivity contribution >= 4 is 17.6 Å². The van der Waals surface area contributed by atoms with Crippen molar-refractivity contribution in [2.24, 2.45) is 0 Å². The third kappa shape index (κ3) is 5.81. The highest BCUT2D eigenvalue weighted by atomic mass is 16.4. The summed E-state index contributed by atoms with van der Waals surface area (Å²) in [6, 6.07) is 10.2. The van der Waals surface area contributed by atoms with Gasteiger partial charge in [0.05, 0.1) is 13.1 Å². The lowest BCUT2D eigenvalue weighted by molar-refractivity contribution is -0.138. The third-order valence-corrected chi connectivity index (χ3v) is 4.98. The number of anilines is 1. The van der Waals surface area contributed by atoms with Crippen molar-refractivity contribution < 1.29 is 14.7 Å². The summed E-state index contributed by atoms with van der Waals surface area (Å²) < 4.78 is 0. The van der Waals surface area contributed by atoms with Crippen LogP contribution in [-0.4, -0.2) is 72.1 Å². The summed E-state index contributed by atoms with van der Waals surface area (Å²) >= 11 is 0. The fourth-order valence-electron chi connectivity index (χ4n) is 3.67. The van der Waals surface area contributed by atoms with Gasteiger partial charge in [0.15, 0.2) is 0 Å². The Kier molecular flexibility index (Phi) is 7.60. The number of para-hydroxylation sites is 1. The smallest absolute Gasteiger partial charge is 0.317 e. The van der Waals surface area contributed by atoms with Crippen LogP contribution in [0.5, 0.6) is 0 Å². The lowest BCUT2D eigenvalue weighted by Crippen LogP contribution is -2.44. The summed E-state index contributed by atoms with van der Waals surface area (Å²) in [4.78, 5) is 29.8. The molecule has 1 aromatic rings. The molecule has 1 unspecified atom stereocenters. The molecule has 0 aromatic heterocycles. The van der Waals surface area contributed by atoms with E-state index >= 15 is 0 Å². The van der Waals surface area contributed by atoms with Gasteiger partial charge in [-0.1, -0.05) is 18.2 Å². The number of rotatable bonds is 7. The van der Waals surface area contributed by atoms with Crippen LogP contribution in [0.15, 0.2) is 30.3 Å². The van der Waals surface area contributed by atoms with Gasteiger partial charge in [0.2, 0.25) is 5.91 Å². The number of hydrogen-bond donors (Lipinski definition) is 1. The van der Waals surface area contributed by atoms with E-state index in [1.165, 1.54) is 0 Å². The minimum atomic E-state index is -0.792. The van der Waals surface area contributed by atoms with Crippen LogP contribution in [0.3, 0.4) is 0 Å². The molecule has 1 fully saturated rings. The first-order chi connectivity index (χ1) is 12.4. The molecule has 1 heterocycles. The van der Waals surface area contributed by atoms with Crippen LogP contribution in [0.2, 0.25) is 0 Å². The molecular formula is C20H31N3O3. The number of benzene rings is 1. The van der Waals surface area contributed by atoms with Crippen molar-refractivity contribution in [3.8, 4) is 0 Å². The van der Waals surface area contributed by atoms with Crippen LogP contribution in [0, 0.1) is 0 Å². The predicted octanol–water partition coefficient (Wildman–Crippen LogP) is 2.30. The van der Waals surface area contributed by atoms with Crippen molar-refractivity contribution in [3.05, 3.63) is 30.3 Å². The van der Waals surface area contributed by atoms with E-state index in [1.54, 1.807) is 0 Å². The number of carboxylic acids is 1. The number of nitrogens with zero attached hydrogens (tertiary/aromatic N) is 3. The lowest BCUT2D eigenvalue weighted by atomic mass is 10.1. The van der Waals surface area contributed by atoms with Gasteiger partial charge in [-0.25, -0.2) is 0 Å². The average Bonchev–Trinajstić information content (AvgIpc) is 2.80. The number of amides is 1. The normalized spacial score (nSPS) is 18.7. The second-order valence-corrected chi connectivity index (χ2v) is 7.36. The van der Waals surface area contributed by atoms with Crippen molar-refractivity contribution in [1.82, 2.24) is 9.80 Å². The number of likely N-dealkylation sites (tertiary alicyclic amines) is 1. The van der Waals surface area contributed by atoms with Gasteiger partial charge in [-0.05, 0) is 58.8 Å². The Morgan fingerprint density at radius 2 is 1.88 bits per heavy atom. The molecule has 1 aromatic carbocycles. The van der Waals surface area contributed by atoms with Gasteiger partial charge < -0.3 is 10.0 Å². The SMILES string of the molecule is CC(C)N(C(=O)CN1CCCC(N(C)CC(=O)O)CC1)c1ccccc1. The molecule has 1 amide bonds. The van der Waals surface area contributed by atoms with Crippen LogP contribution in [0.1, 0.15) is 33.1 Å². The fraction of sp³-hybridized carbons (Fsp3) is 0.600. The van der Waals surface area contributed by atoms with Gasteiger partial charge in [-0.15, -0.1) is 0 Å². The van der Waals surface area contributed by atoms with E-state index in [1.807, 2.05) is 61.0 Å². The first-order valence-electron chi connectivity index (χ1n) is 9.40. The van der Waals surface area contributed by atoms with E-state index in [9.17, 15) is 9.59 Å².